The van der Waals surface area contributed by atoms with Gasteiger partial charge in [0.05, 0.1) is 0 Å². The minimum absolute atomic E-state index is 0.774. The summed E-state index contributed by atoms with van der Waals surface area (Å²) in [5.74, 6) is 1.96. The molecule has 3 rings (SSSR count). The van der Waals surface area contributed by atoms with Crippen molar-refractivity contribution in [1.82, 2.24) is 10.2 Å². The third kappa shape index (κ3) is 4.07. The van der Waals surface area contributed by atoms with Gasteiger partial charge in [0.15, 0.2) is 0 Å². The zero-order valence-electron chi connectivity index (χ0n) is 12.7. The molecule has 2 unspecified atom stereocenters. The van der Waals surface area contributed by atoms with E-state index < -0.39 is 0 Å². The fraction of sp³-hybridized carbons (Fsp3) is 0.667. The lowest BCUT2D eigenvalue weighted by atomic mass is 10.0. The van der Waals surface area contributed by atoms with Crippen LogP contribution in [0.4, 0.5) is 0 Å². The van der Waals surface area contributed by atoms with Gasteiger partial charge in [-0.25, -0.2) is 0 Å². The summed E-state index contributed by atoms with van der Waals surface area (Å²) in [6, 6.07) is 11.6. The predicted molar refractivity (Wildman–Crippen MR) is 84.9 cm³/mol. The SMILES string of the molecule is CC1CC1CNC1CCN(CCc2ccccc2)CC1. The van der Waals surface area contributed by atoms with Gasteiger partial charge in [0, 0.05) is 12.6 Å². The Kier molecular flexibility index (Phi) is 4.74. The fourth-order valence-electron chi connectivity index (χ4n) is 3.29. The summed E-state index contributed by atoms with van der Waals surface area (Å²) >= 11 is 0. The monoisotopic (exact) mass is 272 g/mol. The first kappa shape index (κ1) is 14.1. The summed E-state index contributed by atoms with van der Waals surface area (Å²) in [6.45, 7) is 7.39. The molecular formula is C18H28N2. The van der Waals surface area contributed by atoms with Crippen LogP contribution < -0.4 is 5.32 Å². The Bertz CT molecular complexity index is 395. The summed E-state index contributed by atoms with van der Waals surface area (Å²) < 4.78 is 0. The highest BCUT2D eigenvalue weighted by Crippen LogP contribution is 2.37. The number of nitrogens with one attached hydrogen (secondary N) is 1. The van der Waals surface area contributed by atoms with Crippen LogP contribution >= 0.6 is 0 Å². The molecule has 1 aliphatic carbocycles. The van der Waals surface area contributed by atoms with Crippen LogP contribution in [0, 0.1) is 11.8 Å². The summed E-state index contributed by atoms with van der Waals surface area (Å²) in [4.78, 5) is 2.63. The van der Waals surface area contributed by atoms with Crippen molar-refractivity contribution in [2.75, 3.05) is 26.2 Å². The van der Waals surface area contributed by atoms with Crippen molar-refractivity contribution in [3.8, 4) is 0 Å². The Morgan fingerprint density at radius 1 is 1.15 bits per heavy atom. The van der Waals surface area contributed by atoms with E-state index in [1.165, 1.54) is 57.4 Å². The number of hydrogen-bond donors (Lipinski definition) is 1. The number of nitrogens with zero attached hydrogens (tertiary/aromatic N) is 1. The molecule has 0 radical (unpaired) electrons. The van der Waals surface area contributed by atoms with Gasteiger partial charge in [-0.15, -0.1) is 0 Å². The van der Waals surface area contributed by atoms with Crippen molar-refractivity contribution in [2.45, 2.75) is 38.6 Å². The highest BCUT2D eigenvalue weighted by atomic mass is 15.1. The molecule has 0 aromatic heterocycles. The molecule has 1 aliphatic heterocycles. The van der Waals surface area contributed by atoms with Crippen LogP contribution in [0.25, 0.3) is 0 Å². The molecule has 0 amide bonds. The Labute approximate surface area is 123 Å². The summed E-state index contributed by atoms with van der Waals surface area (Å²) in [5, 5.41) is 3.78. The third-order valence-corrected chi connectivity index (χ3v) is 5.09. The molecular weight excluding hydrogens is 244 g/mol. The number of rotatable bonds is 6. The van der Waals surface area contributed by atoms with Gasteiger partial charge in [-0.3, -0.25) is 0 Å². The molecule has 2 nitrogen and oxygen atoms in total. The molecule has 1 N–H and O–H groups in total. The van der Waals surface area contributed by atoms with Gasteiger partial charge in [-0.1, -0.05) is 37.3 Å². The molecule has 2 heteroatoms. The molecule has 2 atom stereocenters. The van der Waals surface area contributed by atoms with Gasteiger partial charge in [0.25, 0.3) is 0 Å². The number of hydrogen-bond acceptors (Lipinski definition) is 2. The van der Waals surface area contributed by atoms with Crippen molar-refractivity contribution in [2.24, 2.45) is 11.8 Å². The maximum atomic E-state index is 3.78. The van der Waals surface area contributed by atoms with Gasteiger partial charge < -0.3 is 10.2 Å². The van der Waals surface area contributed by atoms with Crippen LogP contribution in [0.1, 0.15) is 31.7 Å². The smallest absolute Gasteiger partial charge is 0.00915 e. The first-order chi connectivity index (χ1) is 9.81. The van der Waals surface area contributed by atoms with Crippen molar-refractivity contribution < 1.29 is 0 Å². The Morgan fingerprint density at radius 2 is 1.85 bits per heavy atom. The van der Waals surface area contributed by atoms with E-state index in [1.54, 1.807) is 0 Å². The van der Waals surface area contributed by atoms with Crippen LogP contribution in [0.15, 0.2) is 30.3 Å². The zero-order chi connectivity index (χ0) is 13.8. The molecule has 2 fully saturated rings. The second kappa shape index (κ2) is 6.73. The average molecular weight is 272 g/mol. The van der Waals surface area contributed by atoms with Crippen molar-refractivity contribution in [3.63, 3.8) is 0 Å². The Morgan fingerprint density at radius 3 is 2.50 bits per heavy atom. The lowest BCUT2D eigenvalue weighted by Crippen LogP contribution is -2.43. The van der Waals surface area contributed by atoms with Crippen LogP contribution in [0.5, 0.6) is 0 Å². The van der Waals surface area contributed by atoms with E-state index in [0.29, 0.717) is 0 Å². The van der Waals surface area contributed by atoms with Gasteiger partial charge in [0.2, 0.25) is 0 Å². The van der Waals surface area contributed by atoms with Crippen molar-refractivity contribution in [1.29, 1.82) is 0 Å². The van der Waals surface area contributed by atoms with Crippen LogP contribution in [-0.4, -0.2) is 37.1 Å². The van der Waals surface area contributed by atoms with Gasteiger partial charge >= 0.3 is 0 Å². The Hall–Kier alpha value is -0.860. The van der Waals surface area contributed by atoms with E-state index >= 15 is 0 Å². The first-order valence-electron chi connectivity index (χ1n) is 8.31. The summed E-state index contributed by atoms with van der Waals surface area (Å²) in [7, 11) is 0. The second-order valence-electron chi connectivity index (χ2n) is 6.73. The normalized spacial score (nSPS) is 27.6. The van der Waals surface area contributed by atoms with Crippen LogP contribution in [0.3, 0.4) is 0 Å². The van der Waals surface area contributed by atoms with Gasteiger partial charge in [-0.05, 0) is 62.7 Å². The van der Waals surface area contributed by atoms with E-state index in [4.69, 9.17) is 0 Å². The third-order valence-electron chi connectivity index (χ3n) is 5.09. The minimum Gasteiger partial charge on any atom is -0.314 e. The molecule has 1 heterocycles. The largest absolute Gasteiger partial charge is 0.314 e. The van der Waals surface area contributed by atoms with Crippen LogP contribution in [-0.2, 0) is 6.42 Å². The van der Waals surface area contributed by atoms with Gasteiger partial charge in [0.1, 0.15) is 0 Å². The lowest BCUT2D eigenvalue weighted by molar-refractivity contribution is 0.199. The molecule has 0 spiro atoms. The first-order valence-corrected chi connectivity index (χ1v) is 8.31. The highest BCUT2D eigenvalue weighted by molar-refractivity contribution is 5.14. The van der Waals surface area contributed by atoms with Gasteiger partial charge in [-0.2, -0.15) is 0 Å². The molecule has 110 valence electrons. The molecule has 1 saturated heterocycles. The quantitative estimate of drug-likeness (QED) is 0.856. The standard InChI is InChI=1S/C18H28N2/c1-15-13-17(15)14-19-18-8-11-20(12-9-18)10-7-16-5-3-2-4-6-16/h2-6,15,17-19H,7-14H2,1H3. The number of piperidine rings is 1. The predicted octanol–water partition coefficient (Wildman–Crippen LogP) is 2.94. The van der Waals surface area contributed by atoms with E-state index in [0.717, 1.165) is 17.9 Å². The second-order valence-corrected chi connectivity index (χ2v) is 6.73. The van der Waals surface area contributed by atoms with E-state index in [9.17, 15) is 0 Å². The maximum absolute atomic E-state index is 3.78. The lowest BCUT2D eigenvalue weighted by Gasteiger charge is -2.32. The molecule has 1 aromatic rings. The molecule has 2 aliphatic rings. The average Bonchev–Trinajstić information content (AvgIpc) is 3.21. The van der Waals surface area contributed by atoms with E-state index in [2.05, 4.69) is 47.5 Å². The van der Waals surface area contributed by atoms with Crippen LogP contribution in [0.2, 0.25) is 0 Å². The molecule has 1 saturated carbocycles. The number of likely N-dealkylation sites (tertiary alicyclic amines) is 1. The van der Waals surface area contributed by atoms with E-state index in [-0.39, 0.29) is 0 Å². The Balaban J connectivity index is 1.32. The fourth-order valence-corrected chi connectivity index (χ4v) is 3.29. The minimum atomic E-state index is 0.774. The zero-order valence-corrected chi connectivity index (χ0v) is 12.7. The summed E-state index contributed by atoms with van der Waals surface area (Å²) in [6.07, 6.45) is 5.30. The van der Waals surface area contributed by atoms with Crippen molar-refractivity contribution in [3.05, 3.63) is 35.9 Å². The topological polar surface area (TPSA) is 15.3 Å². The van der Waals surface area contributed by atoms with Crippen molar-refractivity contribution >= 4 is 0 Å². The molecule has 20 heavy (non-hydrogen) atoms. The summed E-state index contributed by atoms with van der Waals surface area (Å²) in [5.41, 5.74) is 1.47. The molecule has 1 aromatic carbocycles. The number of benzene rings is 1. The molecule has 0 bridgehead atoms. The highest BCUT2D eigenvalue weighted by Gasteiger charge is 2.32. The van der Waals surface area contributed by atoms with E-state index in [1.807, 2.05) is 0 Å². The maximum Gasteiger partial charge on any atom is 0.00915 e.